The molecule has 3 rings (SSSR count). The van der Waals surface area contributed by atoms with Crippen LogP contribution in [0.3, 0.4) is 0 Å². The number of hydrogen-bond donors (Lipinski definition) is 0. The fraction of sp³-hybridized carbons (Fsp3) is 0.571. The zero-order valence-electron chi connectivity index (χ0n) is 9.20. The molecule has 0 bridgehead atoms. The van der Waals surface area contributed by atoms with Crippen molar-refractivity contribution in [2.75, 3.05) is 0 Å². The van der Waals surface area contributed by atoms with Crippen LogP contribution in [0.4, 0.5) is 0 Å². The summed E-state index contributed by atoms with van der Waals surface area (Å²) in [5.74, 6) is 2.68. The lowest BCUT2D eigenvalue weighted by Crippen LogP contribution is -2.09. The molecule has 3 unspecified atom stereocenters. The largest absolute Gasteiger partial charge is 0.122 e. The van der Waals surface area contributed by atoms with Crippen LogP contribution in [0.15, 0.2) is 24.3 Å². The van der Waals surface area contributed by atoms with Gasteiger partial charge in [-0.05, 0) is 54.7 Å². The molecule has 0 heterocycles. The highest BCUT2D eigenvalue weighted by molar-refractivity contribution is 6.30. The minimum atomic E-state index is 0.314. The van der Waals surface area contributed by atoms with Crippen molar-refractivity contribution in [1.29, 1.82) is 0 Å². The molecule has 0 saturated heterocycles. The molecule has 1 aromatic rings. The van der Waals surface area contributed by atoms with Crippen molar-refractivity contribution >= 4 is 23.2 Å². The van der Waals surface area contributed by atoms with Gasteiger partial charge >= 0.3 is 0 Å². The highest BCUT2D eigenvalue weighted by Gasteiger charge is 2.55. The lowest BCUT2D eigenvalue weighted by molar-refractivity contribution is 0.559. The molecular formula is C14H16Cl2. The van der Waals surface area contributed by atoms with E-state index in [9.17, 15) is 0 Å². The molecule has 2 heteroatoms. The molecule has 0 N–H and O–H groups in total. The number of halogens is 2. The Morgan fingerprint density at radius 2 is 2.00 bits per heavy atom. The first-order chi connectivity index (χ1) is 7.75. The summed E-state index contributed by atoms with van der Waals surface area (Å²) < 4.78 is 0. The van der Waals surface area contributed by atoms with Crippen LogP contribution in [0.5, 0.6) is 0 Å². The Bertz CT molecular complexity index is 378. The Morgan fingerprint density at radius 1 is 1.25 bits per heavy atom. The molecule has 2 aliphatic carbocycles. The maximum atomic E-state index is 6.52. The molecule has 16 heavy (non-hydrogen) atoms. The van der Waals surface area contributed by atoms with Gasteiger partial charge in [-0.3, -0.25) is 0 Å². The number of alkyl halides is 1. The first-order valence-electron chi connectivity index (χ1n) is 6.14. The summed E-state index contributed by atoms with van der Waals surface area (Å²) in [7, 11) is 0. The minimum absolute atomic E-state index is 0.314. The summed E-state index contributed by atoms with van der Waals surface area (Å²) in [6, 6.07) is 8.09. The molecule has 0 amide bonds. The zero-order chi connectivity index (χ0) is 11.1. The van der Waals surface area contributed by atoms with E-state index in [1.165, 1.54) is 24.8 Å². The number of hydrogen-bond acceptors (Lipinski definition) is 0. The van der Waals surface area contributed by atoms with E-state index < -0.39 is 0 Å². The zero-order valence-corrected chi connectivity index (χ0v) is 10.7. The van der Waals surface area contributed by atoms with Crippen molar-refractivity contribution in [3.63, 3.8) is 0 Å². The molecule has 0 nitrogen and oxygen atoms in total. The van der Waals surface area contributed by atoms with Crippen molar-refractivity contribution in [3.05, 3.63) is 34.9 Å². The predicted molar refractivity (Wildman–Crippen MR) is 69.1 cm³/mol. The highest BCUT2D eigenvalue weighted by Crippen LogP contribution is 2.60. The lowest BCUT2D eigenvalue weighted by Gasteiger charge is -2.11. The number of benzene rings is 1. The van der Waals surface area contributed by atoms with Crippen LogP contribution in [0.1, 0.15) is 24.8 Å². The van der Waals surface area contributed by atoms with Gasteiger partial charge in [-0.25, -0.2) is 0 Å². The summed E-state index contributed by atoms with van der Waals surface area (Å²) >= 11 is 12.5. The Morgan fingerprint density at radius 3 is 2.69 bits per heavy atom. The summed E-state index contributed by atoms with van der Waals surface area (Å²) in [5.41, 5.74) is 1.28. The molecule has 0 radical (unpaired) electrons. The monoisotopic (exact) mass is 254 g/mol. The SMILES string of the molecule is Clc1cccc(CC(Cl)C2C3CCCC32)c1. The normalized spacial score (nSPS) is 33.5. The van der Waals surface area contributed by atoms with Crippen LogP contribution in [0.2, 0.25) is 5.02 Å². The smallest absolute Gasteiger partial charge is 0.0410 e. The van der Waals surface area contributed by atoms with Crippen LogP contribution < -0.4 is 0 Å². The fourth-order valence-corrected chi connectivity index (χ4v) is 4.20. The molecule has 2 aliphatic rings. The highest BCUT2D eigenvalue weighted by atomic mass is 35.5. The molecule has 86 valence electrons. The molecule has 2 fully saturated rings. The van der Waals surface area contributed by atoms with Crippen molar-refractivity contribution in [1.82, 2.24) is 0 Å². The second-order valence-corrected chi connectivity index (χ2v) is 6.18. The van der Waals surface area contributed by atoms with E-state index in [1.54, 1.807) is 0 Å². The van der Waals surface area contributed by atoms with Crippen molar-refractivity contribution < 1.29 is 0 Å². The third kappa shape index (κ3) is 1.98. The Balaban J connectivity index is 1.63. The lowest BCUT2D eigenvalue weighted by atomic mass is 10.0. The standard InChI is InChI=1S/C14H16Cl2/c15-10-4-1-3-9(7-10)8-13(16)14-11-5-2-6-12(11)14/h1,3-4,7,11-14H,2,5-6,8H2. The van der Waals surface area contributed by atoms with Crippen LogP contribution in [-0.2, 0) is 6.42 Å². The van der Waals surface area contributed by atoms with E-state index in [-0.39, 0.29) is 0 Å². The Labute approximate surface area is 107 Å². The first kappa shape index (κ1) is 10.9. The maximum Gasteiger partial charge on any atom is 0.0410 e. The van der Waals surface area contributed by atoms with Gasteiger partial charge in [0.25, 0.3) is 0 Å². The van der Waals surface area contributed by atoms with E-state index in [0.29, 0.717) is 5.38 Å². The average Bonchev–Trinajstić information content (AvgIpc) is 2.73. The minimum Gasteiger partial charge on any atom is -0.122 e. The van der Waals surface area contributed by atoms with Gasteiger partial charge in [0.05, 0.1) is 0 Å². The van der Waals surface area contributed by atoms with Gasteiger partial charge in [0.1, 0.15) is 0 Å². The van der Waals surface area contributed by atoms with Gasteiger partial charge in [-0.2, -0.15) is 0 Å². The van der Waals surface area contributed by atoms with Gasteiger partial charge in [0.2, 0.25) is 0 Å². The third-order valence-corrected chi connectivity index (χ3v) is 4.89. The molecule has 3 atom stereocenters. The summed E-state index contributed by atoms with van der Waals surface area (Å²) in [4.78, 5) is 0. The summed E-state index contributed by atoms with van der Waals surface area (Å²) in [6.07, 6.45) is 5.22. The molecule has 0 aliphatic heterocycles. The Kier molecular flexibility index (Phi) is 2.89. The molecular weight excluding hydrogens is 239 g/mol. The van der Waals surface area contributed by atoms with Gasteiger partial charge < -0.3 is 0 Å². The maximum absolute atomic E-state index is 6.52. The average molecular weight is 255 g/mol. The van der Waals surface area contributed by atoms with E-state index in [0.717, 1.165) is 29.2 Å². The van der Waals surface area contributed by atoms with Gasteiger partial charge in [0.15, 0.2) is 0 Å². The first-order valence-corrected chi connectivity index (χ1v) is 6.95. The quantitative estimate of drug-likeness (QED) is 0.696. The number of rotatable bonds is 3. The van der Waals surface area contributed by atoms with E-state index >= 15 is 0 Å². The van der Waals surface area contributed by atoms with Crippen molar-refractivity contribution in [3.8, 4) is 0 Å². The Hall–Kier alpha value is -0.200. The van der Waals surface area contributed by atoms with Crippen molar-refractivity contribution in [2.45, 2.75) is 31.1 Å². The second kappa shape index (κ2) is 4.23. The van der Waals surface area contributed by atoms with Gasteiger partial charge in [-0.15, -0.1) is 11.6 Å². The fourth-order valence-electron chi connectivity index (χ4n) is 3.44. The van der Waals surface area contributed by atoms with E-state index in [4.69, 9.17) is 23.2 Å². The van der Waals surface area contributed by atoms with Crippen LogP contribution in [0, 0.1) is 17.8 Å². The molecule has 0 spiro atoms. The molecule has 1 aromatic carbocycles. The van der Waals surface area contributed by atoms with Gasteiger partial charge in [0, 0.05) is 10.4 Å². The van der Waals surface area contributed by atoms with Crippen LogP contribution >= 0.6 is 23.2 Å². The number of fused-ring (bicyclic) bond motifs is 1. The topological polar surface area (TPSA) is 0 Å². The van der Waals surface area contributed by atoms with Gasteiger partial charge in [-0.1, -0.05) is 30.2 Å². The summed E-state index contributed by atoms with van der Waals surface area (Å²) in [6.45, 7) is 0. The predicted octanol–water partition coefficient (Wildman–Crippen LogP) is 4.54. The third-order valence-electron chi connectivity index (χ3n) is 4.21. The molecule has 0 aromatic heterocycles. The van der Waals surface area contributed by atoms with E-state index in [1.807, 2.05) is 18.2 Å². The molecule has 2 saturated carbocycles. The van der Waals surface area contributed by atoms with E-state index in [2.05, 4.69) is 6.07 Å². The van der Waals surface area contributed by atoms with Crippen LogP contribution in [0.25, 0.3) is 0 Å². The van der Waals surface area contributed by atoms with Crippen molar-refractivity contribution in [2.24, 2.45) is 17.8 Å². The van der Waals surface area contributed by atoms with Crippen LogP contribution in [-0.4, -0.2) is 5.38 Å². The second-order valence-electron chi connectivity index (χ2n) is 5.19. The summed E-state index contributed by atoms with van der Waals surface area (Å²) in [5, 5.41) is 1.13.